The summed E-state index contributed by atoms with van der Waals surface area (Å²) >= 11 is 5.50. The molecule has 17 heavy (non-hydrogen) atoms. The van der Waals surface area contributed by atoms with Crippen molar-refractivity contribution in [1.29, 1.82) is 0 Å². The number of cyclic esters (lactones) is 1. The fourth-order valence-electron chi connectivity index (χ4n) is 1.81. The minimum absolute atomic E-state index is 0.269. The fourth-order valence-corrected chi connectivity index (χ4v) is 2.03. The highest BCUT2D eigenvalue weighted by Gasteiger charge is 2.24. The largest absolute Gasteiger partial charge is 0.457 e. The minimum atomic E-state index is -1.03. The molecule has 2 unspecified atom stereocenters. The van der Waals surface area contributed by atoms with Gasteiger partial charge in [-0.1, -0.05) is 12.1 Å². The number of hydrogen-bond acceptors (Lipinski definition) is 4. The number of esters is 1. The molecule has 4 nitrogen and oxygen atoms in total. The molecular weight excluding hydrogens is 244 g/mol. The highest BCUT2D eigenvalue weighted by molar-refractivity contribution is 6.17. The molecule has 1 aliphatic heterocycles. The van der Waals surface area contributed by atoms with Crippen LogP contribution in [-0.4, -0.2) is 28.2 Å². The lowest BCUT2D eigenvalue weighted by Crippen LogP contribution is -2.19. The zero-order valence-electron chi connectivity index (χ0n) is 9.10. The molecule has 1 aliphatic rings. The molecule has 0 bridgehead atoms. The van der Waals surface area contributed by atoms with Crippen LogP contribution in [0.25, 0.3) is 0 Å². The Balaban J connectivity index is 2.22. The van der Waals surface area contributed by atoms with Gasteiger partial charge in [0.05, 0.1) is 11.7 Å². The number of fused-ring (bicyclic) bond motifs is 1. The van der Waals surface area contributed by atoms with Crippen molar-refractivity contribution in [3.05, 3.63) is 34.9 Å². The topological polar surface area (TPSA) is 66.8 Å². The lowest BCUT2D eigenvalue weighted by atomic mass is 9.98. The van der Waals surface area contributed by atoms with E-state index < -0.39 is 12.2 Å². The highest BCUT2D eigenvalue weighted by Crippen LogP contribution is 2.26. The van der Waals surface area contributed by atoms with Crippen molar-refractivity contribution in [1.82, 2.24) is 0 Å². The molecule has 0 amide bonds. The predicted molar refractivity (Wildman–Crippen MR) is 61.9 cm³/mol. The molecule has 1 aromatic rings. The maximum Gasteiger partial charge on any atom is 0.338 e. The van der Waals surface area contributed by atoms with Crippen molar-refractivity contribution in [3.8, 4) is 0 Å². The van der Waals surface area contributed by atoms with E-state index in [9.17, 15) is 15.0 Å². The van der Waals surface area contributed by atoms with E-state index in [0.717, 1.165) is 5.56 Å². The van der Waals surface area contributed by atoms with Crippen LogP contribution in [-0.2, 0) is 11.3 Å². The first kappa shape index (κ1) is 12.4. The third-order valence-electron chi connectivity index (χ3n) is 2.82. The highest BCUT2D eigenvalue weighted by atomic mass is 35.5. The van der Waals surface area contributed by atoms with Gasteiger partial charge in [-0.05, 0) is 18.1 Å². The van der Waals surface area contributed by atoms with Gasteiger partial charge in [0, 0.05) is 11.4 Å². The van der Waals surface area contributed by atoms with Crippen molar-refractivity contribution in [2.24, 2.45) is 0 Å². The van der Waals surface area contributed by atoms with E-state index in [-0.39, 0.29) is 18.5 Å². The Morgan fingerprint density at radius 2 is 2.18 bits per heavy atom. The monoisotopic (exact) mass is 256 g/mol. The van der Waals surface area contributed by atoms with E-state index in [1.54, 1.807) is 18.2 Å². The lowest BCUT2D eigenvalue weighted by molar-refractivity contribution is 0.0169. The van der Waals surface area contributed by atoms with Crippen LogP contribution in [0.5, 0.6) is 0 Å². The van der Waals surface area contributed by atoms with Crippen molar-refractivity contribution in [3.63, 3.8) is 0 Å². The average molecular weight is 257 g/mol. The Bertz CT molecular complexity index is 433. The third kappa shape index (κ3) is 2.44. The van der Waals surface area contributed by atoms with Crippen LogP contribution in [0.1, 0.15) is 34.0 Å². The predicted octanol–water partition coefficient (Wildman–Crippen LogP) is 1.38. The Morgan fingerprint density at radius 3 is 2.88 bits per heavy atom. The number of hydrogen-bond donors (Lipinski definition) is 2. The summed E-state index contributed by atoms with van der Waals surface area (Å²) in [5.41, 5.74) is 1.76. The second kappa shape index (κ2) is 5.04. The molecule has 5 heteroatoms. The van der Waals surface area contributed by atoms with Crippen LogP contribution in [0.4, 0.5) is 0 Å². The fraction of sp³-hybridized carbons (Fsp3) is 0.417. The molecule has 92 valence electrons. The number of rotatable bonds is 4. The third-order valence-corrected chi connectivity index (χ3v) is 3.04. The number of alkyl halides is 1. The smallest absolute Gasteiger partial charge is 0.338 e. The first-order valence-electron chi connectivity index (χ1n) is 5.35. The van der Waals surface area contributed by atoms with Gasteiger partial charge in [0.15, 0.2) is 0 Å². The molecule has 0 saturated carbocycles. The van der Waals surface area contributed by atoms with E-state index in [1.807, 2.05) is 0 Å². The number of carbonyl (C=O) groups excluding carboxylic acids is 1. The van der Waals surface area contributed by atoms with Crippen LogP contribution in [0, 0.1) is 0 Å². The number of aliphatic hydroxyl groups excluding tert-OH is 2. The first-order chi connectivity index (χ1) is 8.13. The minimum Gasteiger partial charge on any atom is -0.457 e. The van der Waals surface area contributed by atoms with Gasteiger partial charge < -0.3 is 14.9 Å². The van der Waals surface area contributed by atoms with Gasteiger partial charge >= 0.3 is 5.97 Å². The van der Waals surface area contributed by atoms with Crippen molar-refractivity contribution >= 4 is 17.6 Å². The van der Waals surface area contributed by atoms with Crippen LogP contribution in [0.3, 0.4) is 0 Å². The molecule has 0 saturated heterocycles. The molecule has 1 heterocycles. The van der Waals surface area contributed by atoms with Crippen molar-refractivity contribution in [2.45, 2.75) is 25.2 Å². The van der Waals surface area contributed by atoms with Gasteiger partial charge in [-0.3, -0.25) is 0 Å². The summed E-state index contributed by atoms with van der Waals surface area (Å²) in [7, 11) is 0. The van der Waals surface area contributed by atoms with Gasteiger partial charge in [0.1, 0.15) is 12.7 Å². The normalized spacial score (nSPS) is 17.5. The molecule has 0 aliphatic carbocycles. The lowest BCUT2D eigenvalue weighted by Gasteiger charge is -2.17. The average Bonchev–Trinajstić information content (AvgIpc) is 2.70. The zero-order valence-corrected chi connectivity index (χ0v) is 9.85. The first-order valence-corrected chi connectivity index (χ1v) is 5.89. The second-order valence-corrected chi connectivity index (χ2v) is 4.36. The van der Waals surface area contributed by atoms with E-state index in [0.29, 0.717) is 17.5 Å². The van der Waals surface area contributed by atoms with E-state index in [4.69, 9.17) is 16.3 Å². The maximum absolute atomic E-state index is 11.3. The number of ether oxygens (including phenoxy) is 1. The summed E-state index contributed by atoms with van der Waals surface area (Å²) in [5, 5.41) is 19.5. The molecule has 0 spiro atoms. The van der Waals surface area contributed by atoms with Gasteiger partial charge in [0.25, 0.3) is 0 Å². The number of aliphatic hydroxyl groups is 2. The Morgan fingerprint density at radius 1 is 1.41 bits per heavy atom. The summed E-state index contributed by atoms with van der Waals surface area (Å²) in [5.74, 6) is -0.119. The standard InChI is InChI=1S/C12H13ClO4/c13-4-3-10(14)11(15)7-1-2-8-6-17-12(16)9(8)5-7/h1-2,5,10-11,14-15H,3-4,6H2. The van der Waals surface area contributed by atoms with Gasteiger partial charge in [-0.2, -0.15) is 0 Å². The SMILES string of the molecule is O=C1OCc2ccc(C(O)C(O)CCCl)cc21. The molecule has 2 rings (SSSR count). The summed E-state index contributed by atoms with van der Waals surface area (Å²) in [4.78, 5) is 11.3. The van der Waals surface area contributed by atoms with Crippen molar-refractivity contribution in [2.75, 3.05) is 5.88 Å². The quantitative estimate of drug-likeness (QED) is 0.631. The second-order valence-electron chi connectivity index (χ2n) is 3.98. The Hall–Kier alpha value is -1.10. The Kier molecular flexibility index (Phi) is 3.66. The number of carbonyl (C=O) groups is 1. The van der Waals surface area contributed by atoms with Crippen molar-refractivity contribution < 1.29 is 19.7 Å². The summed E-state index contributed by atoms with van der Waals surface area (Å²) < 4.78 is 4.86. The van der Waals surface area contributed by atoms with E-state index >= 15 is 0 Å². The molecule has 0 radical (unpaired) electrons. The number of benzene rings is 1. The van der Waals surface area contributed by atoms with Crippen LogP contribution in [0.15, 0.2) is 18.2 Å². The molecule has 2 N–H and O–H groups in total. The summed E-state index contributed by atoms with van der Waals surface area (Å²) in [6.45, 7) is 0.273. The number of halogens is 1. The summed E-state index contributed by atoms with van der Waals surface area (Å²) in [6, 6.07) is 4.97. The Labute approximate surface area is 104 Å². The molecule has 0 fully saturated rings. The molecular formula is C12H13ClO4. The van der Waals surface area contributed by atoms with E-state index in [1.165, 1.54) is 0 Å². The zero-order chi connectivity index (χ0) is 12.4. The molecule has 1 aromatic carbocycles. The van der Waals surface area contributed by atoms with E-state index in [2.05, 4.69) is 0 Å². The van der Waals surface area contributed by atoms with Crippen LogP contribution < -0.4 is 0 Å². The molecule has 0 aromatic heterocycles. The van der Waals surface area contributed by atoms with Crippen LogP contribution in [0.2, 0.25) is 0 Å². The summed E-state index contributed by atoms with van der Waals surface area (Å²) in [6.07, 6.45) is -1.67. The van der Waals surface area contributed by atoms with Gasteiger partial charge in [-0.25, -0.2) is 4.79 Å². The molecule has 2 atom stereocenters. The van der Waals surface area contributed by atoms with Crippen LogP contribution >= 0.6 is 11.6 Å². The van der Waals surface area contributed by atoms with Gasteiger partial charge in [0.2, 0.25) is 0 Å². The maximum atomic E-state index is 11.3. The van der Waals surface area contributed by atoms with Gasteiger partial charge in [-0.15, -0.1) is 11.6 Å².